The molecule has 2 aromatic carbocycles. The van der Waals surface area contributed by atoms with Crippen molar-refractivity contribution in [2.24, 2.45) is 28.1 Å². The molecule has 0 radical (unpaired) electrons. The standard InChI is InChI=1S/C22H29N4O6P/c1-14(2)22(25,18(27)12-11-15-7-4-3-5-8-15)33(30,31)32-19(20(28)29)16-9-6-10-17(13-16)26-21(23)24/h3-10,13-14,19H,11-12,25H2,1-2H3,(H,28,29)(H,30,31)(H4,23,24,26). The molecule has 0 amide bonds. The summed E-state index contributed by atoms with van der Waals surface area (Å²) in [4.78, 5) is 39.6. The molecule has 11 heteroatoms. The number of carboxylic acids is 1. The second-order valence-corrected chi connectivity index (χ2v) is 9.86. The molecule has 0 aliphatic carbocycles. The Morgan fingerprint density at radius 1 is 1.12 bits per heavy atom. The Bertz CT molecular complexity index is 1070. The molecule has 0 spiro atoms. The number of guanidine groups is 1. The molecule has 178 valence electrons. The van der Waals surface area contributed by atoms with Crippen molar-refractivity contribution in [2.45, 2.75) is 38.1 Å². The molecule has 3 atom stereocenters. The highest BCUT2D eigenvalue weighted by atomic mass is 31.2. The third kappa shape index (κ3) is 6.27. The van der Waals surface area contributed by atoms with Crippen molar-refractivity contribution in [3.8, 4) is 0 Å². The summed E-state index contributed by atoms with van der Waals surface area (Å²) in [7, 11) is -5.00. The molecule has 3 unspecified atom stereocenters. The predicted octanol–water partition coefficient (Wildman–Crippen LogP) is 2.43. The zero-order valence-corrected chi connectivity index (χ0v) is 19.3. The van der Waals surface area contributed by atoms with Gasteiger partial charge >= 0.3 is 13.6 Å². The number of ketones is 1. The first-order valence-corrected chi connectivity index (χ1v) is 11.8. The van der Waals surface area contributed by atoms with Gasteiger partial charge in [0.25, 0.3) is 0 Å². The van der Waals surface area contributed by atoms with Crippen molar-refractivity contribution < 1.29 is 28.7 Å². The van der Waals surface area contributed by atoms with Crippen LogP contribution < -0.4 is 17.2 Å². The van der Waals surface area contributed by atoms with Crippen molar-refractivity contribution in [3.05, 3.63) is 65.7 Å². The topological polar surface area (TPSA) is 191 Å². The molecule has 2 aromatic rings. The number of benzene rings is 2. The Morgan fingerprint density at radius 2 is 1.76 bits per heavy atom. The second-order valence-electron chi connectivity index (χ2n) is 7.86. The van der Waals surface area contributed by atoms with Crippen molar-refractivity contribution >= 4 is 31.0 Å². The van der Waals surface area contributed by atoms with Crippen LogP contribution in [0, 0.1) is 5.92 Å². The molecule has 0 saturated heterocycles. The van der Waals surface area contributed by atoms with Crippen molar-refractivity contribution in [1.29, 1.82) is 0 Å². The number of carbonyl (C=O) groups is 2. The highest BCUT2D eigenvalue weighted by Crippen LogP contribution is 2.59. The zero-order valence-electron chi connectivity index (χ0n) is 18.4. The molecular formula is C22H29N4O6P. The molecule has 10 nitrogen and oxygen atoms in total. The van der Waals surface area contributed by atoms with Gasteiger partial charge in [0, 0.05) is 6.42 Å². The average molecular weight is 476 g/mol. The minimum atomic E-state index is -5.00. The molecule has 0 aliphatic rings. The number of aliphatic carboxylic acids is 1. The summed E-state index contributed by atoms with van der Waals surface area (Å²) in [6.07, 6.45) is -1.71. The molecule has 33 heavy (non-hydrogen) atoms. The van der Waals surface area contributed by atoms with Crippen LogP contribution in [-0.4, -0.2) is 33.0 Å². The quantitative estimate of drug-likeness (QED) is 0.184. The van der Waals surface area contributed by atoms with Gasteiger partial charge in [0.1, 0.15) is 0 Å². The fraction of sp³-hybridized carbons (Fsp3) is 0.318. The molecule has 0 bridgehead atoms. The number of aryl methyl sites for hydroxylation is 1. The van der Waals surface area contributed by atoms with E-state index in [4.69, 9.17) is 21.7 Å². The summed E-state index contributed by atoms with van der Waals surface area (Å²) in [5.41, 5.74) is 18.0. The van der Waals surface area contributed by atoms with Crippen LogP contribution >= 0.6 is 7.60 Å². The number of rotatable bonds is 11. The summed E-state index contributed by atoms with van der Waals surface area (Å²) >= 11 is 0. The Hall–Kier alpha value is -3.04. The Morgan fingerprint density at radius 3 is 2.30 bits per heavy atom. The van der Waals surface area contributed by atoms with E-state index in [1.54, 1.807) is 0 Å². The largest absolute Gasteiger partial charge is 0.479 e. The number of carboxylic acid groups (broad SMARTS) is 1. The second kappa shape index (κ2) is 10.7. The van der Waals surface area contributed by atoms with Crippen molar-refractivity contribution in [1.82, 2.24) is 0 Å². The first-order chi connectivity index (χ1) is 15.4. The maximum absolute atomic E-state index is 13.3. The van der Waals surface area contributed by atoms with Gasteiger partial charge in [-0.15, -0.1) is 0 Å². The van der Waals surface area contributed by atoms with E-state index in [2.05, 4.69) is 4.99 Å². The molecule has 0 aliphatic heterocycles. The third-order valence-corrected chi connectivity index (χ3v) is 7.38. The van der Waals surface area contributed by atoms with Crippen LogP contribution in [0.3, 0.4) is 0 Å². The van der Waals surface area contributed by atoms with Crippen molar-refractivity contribution in [2.75, 3.05) is 0 Å². The van der Waals surface area contributed by atoms with E-state index in [0.717, 1.165) is 5.56 Å². The maximum Gasteiger partial charge on any atom is 0.356 e. The van der Waals surface area contributed by atoms with Gasteiger partial charge < -0.3 is 27.2 Å². The normalized spacial score (nSPS) is 15.8. The third-order valence-electron chi connectivity index (χ3n) is 5.18. The SMILES string of the molecule is CC(C)C(N)(C(=O)CCc1ccccc1)P(=O)(O)OC(C(=O)O)c1cccc(N=C(N)N)c1. The van der Waals surface area contributed by atoms with Gasteiger partial charge in [-0.3, -0.25) is 13.9 Å². The van der Waals surface area contributed by atoms with Crippen LogP contribution in [0.2, 0.25) is 0 Å². The first-order valence-electron chi connectivity index (χ1n) is 10.2. The molecule has 8 N–H and O–H groups in total. The zero-order chi connectivity index (χ0) is 24.8. The summed E-state index contributed by atoms with van der Waals surface area (Å²) in [6, 6.07) is 14.7. The molecular weight excluding hydrogens is 447 g/mol. The van der Waals surface area contributed by atoms with E-state index in [9.17, 15) is 24.2 Å². The van der Waals surface area contributed by atoms with Gasteiger partial charge in [0.15, 0.2) is 23.1 Å². The summed E-state index contributed by atoms with van der Waals surface area (Å²) in [5, 5.41) is 7.38. The number of Topliss-reactive ketones (excluding diaryl/α,β-unsaturated/α-hetero) is 1. The van der Waals surface area contributed by atoms with Crippen LogP contribution in [0.1, 0.15) is 37.5 Å². The number of carbonyl (C=O) groups excluding carboxylic acids is 1. The number of nitrogens with two attached hydrogens (primary N) is 3. The Kier molecular flexibility index (Phi) is 8.51. The summed E-state index contributed by atoms with van der Waals surface area (Å²) < 4.78 is 18.5. The van der Waals surface area contributed by atoms with E-state index in [1.165, 1.54) is 38.1 Å². The number of aliphatic imine (C=N–C) groups is 1. The van der Waals surface area contributed by atoms with Gasteiger partial charge in [-0.1, -0.05) is 56.3 Å². The van der Waals surface area contributed by atoms with Crippen molar-refractivity contribution in [3.63, 3.8) is 0 Å². The summed E-state index contributed by atoms with van der Waals surface area (Å²) in [5.74, 6) is -3.32. The van der Waals surface area contributed by atoms with E-state index in [-0.39, 0.29) is 23.6 Å². The molecule has 0 aromatic heterocycles. The van der Waals surface area contributed by atoms with Gasteiger partial charge in [0.05, 0.1) is 5.69 Å². The minimum Gasteiger partial charge on any atom is -0.479 e. The Balaban J connectivity index is 2.35. The number of nitrogens with zero attached hydrogens (tertiary/aromatic N) is 1. The first kappa shape index (κ1) is 26.2. The van der Waals surface area contributed by atoms with Crippen LogP contribution in [0.4, 0.5) is 5.69 Å². The van der Waals surface area contributed by atoms with Crippen LogP contribution in [0.15, 0.2) is 59.6 Å². The Labute approximate surface area is 192 Å². The van der Waals surface area contributed by atoms with E-state index >= 15 is 0 Å². The fourth-order valence-corrected chi connectivity index (χ4v) is 5.05. The highest BCUT2D eigenvalue weighted by Gasteiger charge is 2.55. The van der Waals surface area contributed by atoms with E-state index in [1.807, 2.05) is 30.3 Å². The van der Waals surface area contributed by atoms with Gasteiger partial charge in [-0.05, 0) is 35.6 Å². The lowest BCUT2D eigenvalue weighted by Gasteiger charge is -2.36. The fourth-order valence-electron chi connectivity index (χ4n) is 3.29. The average Bonchev–Trinajstić information content (AvgIpc) is 2.75. The smallest absolute Gasteiger partial charge is 0.356 e. The van der Waals surface area contributed by atoms with Gasteiger partial charge in [-0.25, -0.2) is 9.79 Å². The van der Waals surface area contributed by atoms with Crippen LogP contribution in [-0.2, 0) is 25.1 Å². The lowest BCUT2D eigenvalue weighted by Crippen LogP contribution is -2.52. The predicted molar refractivity (Wildman–Crippen MR) is 125 cm³/mol. The highest BCUT2D eigenvalue weighted by molar-refractivity contribution is 7.55. The molecule has 0 fully saturated rings. The lowest BCUT2D eigenvalue weighted by atomic mass is 9.95. The molecule has 0 heterocycles. The van der Waals surface area contributed by atoms with E-state index < -0.39 is 36.7 Å². The number of hydrogen-bond acceptors (Lipinski definition) is 6. The van der Waals surface area contributed by atoms with Gasteiger partial charge in [0.2, 0.25) is 0 Å². The summed E-state index contributed by atoms with van der Waals surface area (Å²) in [6.45, 7) is 3.00. The van der Waals surface area contributed by atoms with Crippen LogP contribution in [0.25, 0.3) is 0 Å². The van der Waals surface area contributed by atoms with Gasteiger partial charge in [-0.2, -0.15) is 0 Å². The minimum absolute atomic E-state index is 0.00196. The van der Waals surface area contributed by atoms with E-state index in [0.29, 0.717) is 6.42 Å². The maximum atomic E-state index is 13.3. The monoisotopic (exact) mass is 476 g/mol. The molecule has 2 rings (SSSR count). The molecule has 0 saturated carbocycles. The number of hydrogen-bond donors (Lipinski definition) is 5. The van der Waals surface area contributed by atoms with Crippen LogP contribution in [0.5, 0.6) is 0 Å². The lowest BCUT2D eigenvalue weighted by molar-refractivity contribution is -0.146.